The fourth-order valence-electron chi connectivity index (χ4n) is 3.74. The Morgan fingerprint density at radius 3 is 2.67 bits per heavy atom. The maximum atomic E-state index is 12.1. The van der Waals surface area contributed by atoms with Crippen LogP contribution in [-0.4, -0.2) is 42.1 Å². The van der Waals surface area contributed by atoms with E-state index in [0.29, 0.717) is 19.3 Å². The molecule has 6 heteroatoms. The Balaban J connectivity index is 1.76. The van der Waals surface area contributed by atoms with Gasteiger partial charge in [0.25, 0.3) is 0 Å². The summed E-state index contributed by atoms with van der Waals surface area (Å²) in [4.78, 5) is 47.2. The molecule has 4 unspecified atom stereocenters. The van der Waals surface area contributed by atoms with E-state index in [4.69, 9.17) is 9.47 Å². The molecule has 2 aliphatic carbocycles. The maximum absolute atomic E-state index is 12.1. The van der Waals surface area contributed by atoms with Gasteiger partial charge in [0.05, 0.1) is 12.0 Å². The van der Waals surface area contributed by atoms with Gasteiger partial charge in [-0.1, -0.05) is 19.4 Å². The van der Waals surface area contributed by atoms with Gasteiger partial charge in [-0.3, -0.25) is 19.2 Å². The van der Waals surface area contributed by atoms with Crippen molar-refractivity contribution in [2.45, 2.75) is 77.4 Å². The van der Waals surface area contributed by atoms with Gasteiger partial charge in [-0.15, -0.1) is 0 Å². The second-order valence-corrected chi connectivity index (χ2v) is 7.59. The Kier molecular flexibility index (Phi) is 8.35. The largest absolute Gasteiger partial charge is 0.456 e. The molecule has 0 radical (unpaired) electrons. The molecule has 4 atom stereocenters. The molecule has 0 aliphatic heterocycles. The fraction of sp³-hybridized carbons (Fsp3) is 0.714. The van der Waals surface area contributed by atoms with Crippen molar-refractivity contribution in [1.82, 2.24) is 0 Å². The molecule has 1 fully saturated rings. The van der Waals surface area contributed by atoms with E-state index in [0.717, 1.165) is 25.7 Å². The first-order valence-electron chi connectivity index (χ1n) is 9.92. The normalized spacial score (nSPS) is 29.9. The zero-order valence-electron chi connectivity index (χ0n) is 16.3. The van der Waals surface area contributed by atoms with Crippen LogP contribution in [0, 0.1) is 11.8 Å². The fourth-order valence-corrected chi connectivity index (χ4v) is 3.74. The van der Waals surface area contributed by atoms with Crippen LogP contribution in [0.3, 0.4) is 0 Å². The van der Waals surface area contributed by atoms with E-state index in [1.54, 1.807) is 6.92 Å². The third-order valence-electron chi connectivity index (χ3n) is 5.24. The SMILES string of the molecule is CC(=O)OC1/C=C/CCCCC1OCC(=O)CCCC1C(=O)CC(C)C1=O. The van der Waals surface area contributed by atoms with Crippen molar-refractivity contribution in [3.63, 3.8) is 0 Å². The number of hydrogen-bond donors (Lipinski definition) is 0. The minimum Gasteiger partial charge on any atom is -0.456 e. The maximum Gasteiger partial charge on any atom is 0.303 e. The third-order valence-corrected chi connectivity index (χ3v) is 5.24. The van der Waals surface area contributed by atoms with E-state index >= 15 is 0 Å². The van der Waals surface area contributed by atoms with Crippen LogP contribution in [0.25, 0.3) is 0 Å². The van der Waals surface area contributed by atoms with Crippen LogP contribution in [0.5, 0.6) is 0 Å². The second kappa shape index (κ2) is 10.5. The highest BCUT2D eigenvalue weighted by Gasteiger charge is 2.37. The smallest absolute Gasteiger partial charge is 0.303 e. The quantitative estimate of drug-likeness (QED) is 0.367. The first kappa shape index (κ1) is 21.5. The molecule has 0 heterocycles. The summed E-state index contributed by atoms with van der Waals surface area (Å²) >= 11 is 0. The Hall–Kier alpha value is -1.82. The Labute approximate surface area is 160 Å². The van der Waals surface area contributed by atoms with Crippen LogP contribution in [0.2, 0.25) is 0 Å². The topological polar surface area (TPSA) is 86.7 Å². The van der Waals surface area contributed by atoms with Crippen molar-refractivity contribution in [1.29, 1.82) is 0 Å². The minimum absolute atomic E-state index is 0.00160. The Morgan fingerprint density at radius 2 is 2.00 bits per heavy atom. The highest BCUT2D eigenvalue weighted by Crippen LogP contribution is 2.27. The number of allylic oxidation sites excluding steroid dienone is 1. The number of esters is 1. The van der Waals surface area contributed by atoms with Gasteiger partial charge in [0.1, 0.15) is 24.3 Å². The van der Waals surface area contributed by atoms with E-state index in [2.05, 4.69) is 0 Å². The summed E-state index contributed by atoms with van der Waals surface area (Å²) in [6.45, 7) is 3.10. The van der Waals surface area contributed by atoms with Crippen molar-refractivity contribution >= 4 is 23.3 Å². The molecule has 0 aromatic heterocycles. The van der Waals surface area contributed by atoms with Gasteiger partial charge in [0, 0.05) is 25.7 Å². The van der Waals surface area contributed by atoms with E-state index in [1.165, 1.54) is 6.92 Å². The summed E-state index contributed by atoms with van der Waals surface area (Å²) in [5.74, 6) is -1.14. The lowest BCUT2D eigenvalue weighted by Crippen LogP contribution is -2.33. The predicted octanol–water partition coefficient (Wildman–Crippen LogP) is 2.97. The van der Waals surface area contributed by atoms with E-state index in [9.17, 15) is 19.2 Å². The van der Waals surface area contributed by atoms with Crippen LogP contribution < -0.4 is 0 Å². The zero-order valence-corrected chi connectivity index (χ0v) is 16.3. The van der Waals surface area contributed by atoms with Crippen molar-refractivity contribution in [3.05, 3.63) is 12.2 Å². The third kappa shape index (κ3) is 6.69. The second-order valence-electron chi connectivity index (χ2n) is 7.59. The number of carbonyl (C=O) groups excluding carboxylic acids is 4. The number of hydrogen-bond acceptors (Lipinski definition) is 6. The van der Waals surface area contributed by atoms with Crippen LogP contribution in [-0.2, 0) is 28.7 Å². The van der Waals surface area contributed by atoms with Gasteiger partial charge in [-0.25, -0.2) is 0 Å². The summed E-state index contributed by atoms with van der Waals surface area (Å²) in [6, 6.07) is 0. The average Bonchev–Trinajstić information content (AvgIpc) is 2.82. The number of rotatable bonds is 8. The van der Waals surface area contributed by atoms with E-state index in [1.807, 2.05) is 12.2 Å². The van der Waals surface area contributed by atoms with Gasteiger partial charge >= 0.3 is 5.97 Å². The molecule has 1 saturated carbocycles. The number of carbonyl (C=O) groups is 4. The van der Waals surface area contributed by atoms with Crippen LogP contribution in [0.1, 0.15) is 65.2 Å². The molecule has 0 aromatic carbocycles. The molecule has 2 rings (SSSR count). The van der Waals surface area contributed by atoms with E-state index < -0.39 is 12.0 Å². The molecule has 27 heavy (non-hydrogen) atoms. The first-order chi connectivity index (χ1) is 12.9. The van der Waals surface area contributed by atoms with Crippen LogP contribution in [0.4, 0.5) is 0 Å². The molecule has 0 amide bonds. The summed E-state index contributed by atoms with van der Waals surface area (Å²) in [7, 11) is 0. The van der Waals surface area contributed by atoms with Gasteiger partial charge in [0.2, 0.25) is 0 Å². The van der Waals surface area contributed by atoms with Crippen molar-refractivity contribution in [2.75, 3.05) is 6.61 Å². The van der Waals surface area contributed by atoms with Gasteiger partial charge in [-0.2, -0.15) is 0 Å². The van der Waals surface area contributed by atoms with Gasteiger partial charge in [-0.05, 0) is 38.2 Å². The summed E-state index contributed by atoms with van der Waals surface area (Å²) in [6.07, 6.45) is 8.27. The average molecular weight is 378 g/mol. The molecule has 150 valence electrons. The highest BCUT2D eigenvalue weighted by atomic mass is 16.6. The molecule has 6 nitrogen and oxygen atoms in total. The van der Waals surface area contributed by atoms with Gasteiger partial charge < -0.3 is 9.47 Å². The zero-order chi connectivity index (χ0) is 19.8. The van der Waals surface area contributed by atoms with Crippen LogP contribution in [0.15, 0.2) is 12.2 Å². The number of ketones is 3. The summed E-state index contributed by atoms with van der Waals surface area (Å²) < 4.78 is 11.1. The molecular weight excluding hydrogens is 348 g/mol. The van der Waals surface area contributed by atoms with Crippen LogP contribution >= 0.6 is 0 Å². The van der Waals surface area contributed by atoms with Crippen molar-refractivity contribution in [3.8, 4) is 0 Å². The van der Waals surface area contributed by atoms with Gasteiger partial charge in [0.15, 0.2) is 5.78 Å². The number of Topliss-reactive ketones (excluding diaryl/α,β-unsaturated/α-hetero) is 3. The molecule has 0 spiro atoms. The lowest BCUT2D eigenvalue weighted by Gasteiger charge is -2.26. The first-order valence-corrected chi connectivity index (χ1v) is 9.92. The Morgan fingerprint density at radius 1 is 1.22 bits per heavy atom. The minimum atomic E-state index is -0.530. The molecule has 0 bridgehead atoms. The van der Waals surface area contributed by atoms with E-state index in [-0.39, 0.29) is 48.4 Å². The van der Waals surface area contributed by atoms with Crippen molar-refractivity contribution < 1.29 is 28.7 Å². The molecule has 0 aromatic rings. The summed E-state index contributed by atoms with van der Waals surface area (Å²) in [5.41, 5.74) is 0. The lowest BCUT2D eigenvalue weighted by molar-refractivity contribution is -0.152. The number of ether oxygens (including phenoxy) is 2. The molecule has 2 aliphatic rings. The standard InChI is InChI=1S/C21H30O6/c1-14-12-18(24)17(21(14)25)9-7-8-16(23)13-26-19-10-5-3-4-6-11-20(19)27-15(2)22/h6,11,14,17,19-20H,3-5,7-10,12-13H2,1-2H3/b11-6+. The molecule has 0 N–H and O–H groups in total. The Bertz CT molecular complexity index is 593. The monoisotopic (exact) mass is 378 g/mol. The highest BCUT2D eigenvalue weighted by molar-refractivity contribution is 6.09. The lowest BCUT2D eigenvalue weighted by atomic mass is 9.96. The van der Waals surface area contributed by atoms with Crippen molar-refractivity contribution in [2.24, 2.45) is 11.8 Å². The predicted molar refractivity (Wildman–Crippen MR) is 99.0 cm³/mol. The molecule has 0 saturated heterocycles. The summed E-state index contributed by atoms with van der Waals surface area (Å²) in [5, 5.41) is 0. The molecular formula is C21H30O6.